The predicted molar refractivity (Wildman–Crippen MR) is 170 cm³/mol. The molecule has 3 aromatic rings. The molecule has 9 heteroatoms. The molecule has 1 saturated heterocycles. The summed E-state index contributed by atoms with van der Waals surface area (Å²) in [6.45, 7) is 8.14. The van der Waals surface area contributed by atoms with Crippen LogP contribution in [-0.2, 0) is 6.42 Å². The molecule has 218 valence electrons. The number of anilines is 2. The smallest absolute Gasteiger partial charge is 0.255 e. The highest BCUT2D eigenvalue weighted by molar-refractivity contribution is 6.31. The molecular formula is C32H39Cl2N5O2. The lowest BCUT2D eigenvalue weighted by Gasteiger charge is -2.37. The van der Waals surface area contributed by atoms with Gasteiger partial charge in [0.25, 0.3) is 11.8 Å². The predicted octanol–water partition coefficient (Wildman–Crippen LogP) is 5.60. The Morgan fingerprint density at radius 2 is 1.66 bits per heavy atom. The van der Waals surface area contributed by atoms with Gasteiger partial charge in [0.2, 0.25) is 0 Å². The lowest BCUT2D eigenvalue weighted by Crippen LogP contribution is -2.47. The molecule has 0 aliphatic carbocycles. The summed E-state index contributed by atoms with van der Waals surface area (Å²) in [7, 11) is 4.20. The zero-order valence-corrected chi connectivity index (χ0v) is 25.6. The highest BCUT2D eigenvalue weighted by atomic mass is 35.5. The van der Waals surface area contributed by atoms with Gasteiger partial charge in [-0.1, -0.05) is 41.4 Å². The average Bonchev–Trinajstić information content (AvgIpc) is 2.94. The number of amides is 2. The van der Waals surface area contributed by atoms with Gasteiger partial charge in [-0.3, -0.25) is 14.5 Å². The van der Waals surface area contributed by atoms with Gasteiger partial charge in [-0.15, -0.1) is 0 Å². The van der Waals surface area contributed by atoms with Crippen LogP contribution < -0.4 is 15.5 Å². The maximum Gasteiger partial charge on any atom is 0.255 e. The fourth-order valence-electron chi connectivity index (χ4n) is 4.97. The minimum atomic E-state index is -0.275. The molecule has 3 aromatic carbocycles. The topological polar surface area (TPSA) is 67.9 Å². The van der Waals surface area contributed by atoms with Crippen LogP contribution >= 0.6 is 23.2 Å². The molecule has 41 heavy (non-hydrogen) atoms. The van der Waals surface area contributed by atoms with Gasteiger partial charge >= 0.3 is 0 Å². The number of nitrogens with one attached hydrogen (secondary N) is 2. The van der Waals surface area contributed by atoms with Gasteiger partial charge in [-0.25, -0.2) is 0 Å². The number of halogens is 2. The fourth-order valence-corrected chi connectivity index (χ4v) is 5.49. The first-order valence-electron chi connectivity index (χ1n) is 14.1. The second kappa shape index (κ2) is 14.7. The number of carbonyl (C=O) groups excluding carboxylic acids is 2. The van der Waals surface area contributed by atoms with E-state index >= 15 is 0 Å². The number of piperazine rings is 1. The van der Waals surface area contributed by atoms with Gasteiger partial charge in [0.1, 0.15) is 0 Å². The van der Waals surface area contributed by atoms with E-state index in [-0.39, 0.29) is 11.8 Å². The van der Waals surface area contributed by atoms with Crippen molar-refractivity contribution in [3.8, 4) is 0 Å². The van der Waals surface area contributed by atoms with E-state index in [4.69, 9.17) is 23.2 Å². The Morgan fingerprint density at radius 1 is 0.902 bits per heavy atom. The van der Waals surface area contributed by atoms with Crippen molar-refractivity contribution < 1.29 is 9.59 Å². The fraction of sp³-hybridized carbons (Fsp3) is 0.375. The molecule has 0 saturated carbocycles. The summed E-state index contributed by atoms with van der Waals surface area (Å²) in [5.74, 6) is -0.480. The zero-order valence-electron chi connectivity index (χ0n) is 24.1. The molecule has 1 aliphatic heterocycles. The summed E-state index contributed by atoms with van der Waals surface area (Å²) in [6, 6.07) is 18.3. The molecule has 7 nitrogen and oxygen atoms in total. The van der Waals surface area contributed by atoms with Gasteiger partial charge in [0.05, 0.1) is 11.4 Å². The normalized spacial score (nSPS) is 13.9. The van der Waals surface area contributed by atoms with Crippen molar-refractivity contribution in [3.05, 3.63) is 93.0 Å². The highest BCUT2D eigenvalue weighted by Crippen LogP contribution is 2.29. The monoisotopic (exact) mass is 595 g/mol. The van der Waals surface area contributed by atoms with Crippen molar-refractivity contribution in [2.24, 2.45) is 0 Å². The molecule has 0 unspecified atom stereocenters. The Labute approximate surface area is 253 Å². The van der Waals surface area contributed by atoms with E-state index in [0.717, 1.165) is 62.5 Å². The molecular weight excluding hydrogens is 557 g/mol. The molecule has 0 bridgehead atoms. The van der Waals surface area contributed by atoms with Crippen LogP contribution in [0.2, 0.25) is 10.0 Å². The largest absolute Gasteiger partial charge is 0.367 e. The molecule has 0 aromatic heterocycles. The van der Waals surface area contributed by atoms with Crippen LogP contribution in [0.15, 0.2) is 60.7 Å². The summed E-state index contributed by atoms with van der Waals surface area (Å²) in [5.41, 5.74) is 4.53. The van der Waals surface area contributed by atoms with Crippen LogP contribution in [0.4, 0.5) is 11.4 Å². The summed E-state index contributed by atoms with van der Waals surface area (Å²) in [4.78, 5) is 33.2. The van der Waals surface area contributed by atoms with E-state index < -0.39 is 0 Å². The van der Waals surface area contributed by atoms with Crippen LogP contribution in [0.1, 0.15) is 38.3 Å². The Bertz CT molecular complexity index is 1360. The molecule has 0 radical (unpaired) electrons. The van der Waals surface area contributed by atoms with Crippen LogP contribution in [0.5, 0.6) is 0 Å². The van der Waals surface area contributed by atoms with Gasteiger partial charge in [0.15, 0.2) is 0 Å². The van der Waals surface area contributed by atoms with E-state index in [9.17, 15) is 9.59 Å². The SMILES string of the molecule is Cc1ccc(CCNC(=O)c2ccc(N3CCN(CCCN(C)C)CC3)c(NC(=O)c3cccc(Cl)c3)c2)c(Cl)c1. The molecule has 0 spiro atoms. The van der Waals surface area contributed by atoms with Crippen LogP contribution in [0, 0.1) is 6.92 Å². The minimum Gasteiger partial charge on any atom is -0.367 e. The number of hydrogen-bond acceptors (Lipinski definition) is 5. The Balaban J connectivity index is 1.47. The van der Waals surface area contributed by atoms with E-state index in [1.54, 1.807) is 30.3 Å². The van der Waals surface area contributed by atoms with Crippen LogP contribution in [0.3, 0.4) is 0 Å². The van der Waals surface area contributed by atoms with Gasteiger partial charge in [-0.2, -0.15) is 0 Å². The van der Waals surface area contributed by atoms with E-state index in [2.05, 4.69) is 39.4 Å². The van der Waals surface area contributed by atoms with Crippen molar-refractivity contribution >= 4 is 46.4 Å². The maximum absolute atomic E-state index is 13.2. The molecule has 1 aliphatic rings. The molecule has 4 rings (SSSR count). The first kappa shape index (κ1) is 30.8. The summed E-state index contributed by atoms with van der Waals surface area (Å²) >= 11 is 12.5. The number of carbonyl (C=O) groups is 2. The van der Waals surface area contributed by atoms with Crippen molar-refractivity contribution in [1.82, 2.24) is 15.1 Å². The molecule has 1 heterocycles. The van der Waals surface area contributed by atoms with Gasteiger partial charge in [-0.05, 0) is 101 Å². The van der Waals surface area contributed by atoms with Gasteiger partial charge in [0, 0.05) is 53.9 Å². The van der Waals surface area contributed by atoms with E-state index in [1.165, 1.54) is 0 Å². The van der Waals surface area contributed by atoms with Crippen LogP contribution in [0.25, 0.3) is 0 Å². The number of aryl methyl sites for hydroxylation is 1. The summed E-state index contributed by atoms with van der Waals surface area (Å²) in [6.07, 6.45) is 1.76. The molecule has 2 N–H and O–H groups in total. The Morgan fingerprint density at radius 3 is 2.37 bits per heavy atom. The third-order valence-corrected chi connectivity index (χ3v) is 7.86. The molecule has 2 amide bonds. The first-order valence-corrected chi connectivity index (χ1v) is 14.8. The standard InChI is InChI=1S/C32H39Cl2N5O2/c1-23-8-9-24(28(34)20-23)12-13-35-31(40)26-10-11-30(39-18-16-38(17-19-39)15-5-14-37(2)3)29(22-26)36-32(41)25-6-4-7-27(33)21-25/h4,6-11,20-22H,5,12-19H2,1-3H3,(H,35,40)(H,36,41). The maximum atomic E-state index is 13.2. The third kappa shape index (κ3) is 8.94. The zero-order chi connectivity index (χ0) is 29.4. The number of nitrogens with zero attached hydrogens (tertiary/aromatic N) is 3. The van der Waals surface area contributed by atoms with Crippen molar-refractivity contribution in [2.75, 3.05) is 70.1 Å². The van der Waals surface area contributed by atoms with E-state index in [0.29, 0.717) is 39.8 Å². The lowest BCUT2D eigenvalue weighted by molar-refractivity contribution is 0.0952. The van der Waals surface area contributed by atoms with Crippen molar-refractivity contribution in [2.45, 2.75) is 19.8 Å². The first-order chi connectivity index (χ1) is 19.7. The Hall–Kier alpha value is -3.10. The van der Waals surface area contributed by atoms with E-state index in [1.807, 2.05) is 37.3 Å². The molecule has 0 atom stereocenters. The van der Waals surface area contributed by atoms with Crippen molar-refractivity contribution in [1.29, 1.82) is 0 Å². The highest BCUT2D eigenvalue weighted by Gasteiger charge is 2.21. The quantitative estimate of drug-likeness (QED) is 0.302. The summed E-state index contributed by atoms with van der Waals surface area (Å²) < 4.78 is 0. The average molecular weight is 597 g/mol. The number of benzene rings is 3. The molecule has 1 fully saturated rings. The van der Waals surface area contributed by atoms with Gasteiger partial charge < -0.3 is 20.4 Å². The minimum absolute atomic E-state index is 0.205. The van der Waals surface area contributed by atoms with Crippen LogP contribution in [-0.4, -0.2) is 81.5 Å². The second-order valence-electron chi connectivity index (χ2n) is 10.8. The third-order valence-electron chi connectivity index (χ3n) is 7.27. The number of hydrogen-bond donors (Lipinski definition) is 2. The second-order valence-corrected chi connectivity index (χ2v) is 11.6. The summed E-state index contributed by atoms with van der Waals surface area (Å²) in [5, 5.41) is 7.23. The Kier molecular flexibility index (Phi) is 11.1. The number of rotatable bonds is 11. The van der Waals surface area contributed by atoms with Crippen molar-refractivity contribution in [3.63, 3.8) is 0 Å². The lowest BCUT2D eigenvalue weighted by atomic mass is 10.1.